The van der Waals surface area contributed by atoms with Gasteiger partial charge in [0.1, 0.15) is 11.6 Å². The first-order valence-electron chi connectivity index (χ1n) is 8.21. The van der Waals surface area contributed by atoms with Crippen LogP contribution in [0.1, 0.15) is 12.0 Å². The van der Waals surface area contributed by atoms with E-state index in [1.54, 1.807) is 0 Å². The van der Waals surface area contributed by atoms with Crippen LogP contribution >= 0.6 is 11.6 Å². The quantitative estimate of drug-likeness (QED) is 0.372. The third kappa shape index (κ3) is 4.07. The zero-order chi connectivity index (χ0) is 19.4. The second-order valence-electron chi connectivity index (χ2n) is 5.96. The summed E-state index contributed by atoms with van der Waals surface area (Å²) in [4.78, 5) is 24.7. The Morgan fingerprint density at radius 1 is 1.33 bits per heavy atom. The number of nitro benzene ring substituents is 1. The van der Waals surface area contributed by atoms with Crippen molar-refractivity contribution in [3.8, 4) is 6.07 Å². The van der Waals surface area contributed by atoms with Crippen molar-refractivity contribution in [1.82, 2.24) is 0 Å². The van der Waals surface area contributed by atoms with Gasteiger partial charge >= 0.3 is 0 Å². The Morgan fingerprint density at radius 2 is 2.11 bits per heavy atom. The molecule has 8 heteroatoms. The van der Waals surface area contributed by atoms with E-state index < -0.39 is 10.8 Å². The van der Waals surface area contributed by atoms with Crippen LogP contribution < -0.4 is 10.2 Å². The third-order valence-corrected chi connectivity index (χ3v) is 4.53. The van der Waals surface area contributed by atoms with Gasteiger partial charge in [0.15, 0.2) is 0 Å². The number of nitrogens with zero attached hydrogens (tertiary/aromatic N) is 3. The minimum absolute atomic E-state index is 0.0797. The minimum Gasteiger partial charge on any atom is -0.346 e. The standard InChI is InChI=1S/C19H15ClN4O3/c20-16-8-7-15(24(26)27)10-17(16)22-19(25)14(11-21)12-23-9-3-5-13-4-1-2-6-18(13)23/h1-2,4,6-8,10,12H,3,5,9H2,(H,22,25)/b14-12-. The van der Waals surface area contributed by atoms with E-state index in [1.165, 1.54) is 18.3 Å². The molecule has 0 fully saturated rings. The zero-order valence-electron chi connectivity index (χ0n) is 14.2. The summed E-state index contributed by atoms with van der Waals surface area (Å²) in [5, 5.41) is 22.9. The van der Waals surface area contributed by atoms with E-state index in [0.29, 0.717) is 6.54 Å². The van der Waals surface area contributed by atoms with E-state index in [0.717, 1.165) is 30.2 Å². The molecule has 136 valence electrons. The number of para-hydroxylation sites is 1. The van der Waals surface area contributed by atoms with Crippen molar-refractivity contribution in [2.75, 3.05) is 16.8 Å². The summed E-state index contributed by atoms with van der Waals surface area (Å²) >= 11 is 6.00. The molecule has 3 rings (SSSR count). The first-order valence-corrected chi connectivity index (χ1v) is 8.59. The number of rotatable bonds is 4. The van der Waals surface area contributed by atoms with Crippen LogP contribution in [0.5, 0.6) is 0 Å². The van der Waals surface area contributed by atoms with Gasteiger partial charge in [0.25, 0.3) is 11.6 Å². The van der Waals surface area contributed by atoms with Crippen molar-refractivity contribution in [2.24, 2.45) is 0 Å². The normalized spacial score (nSPS) is 13.5. The Hall–Kier alpha value is -3.37. The maximum absolute atomic E-state index is 12.5. The molecule has 1 aliphatic heterocycles. The monoisotopic (exact) mass is 382 g/mol. The Kier molecular flexibility index (Phi) is 5.38. The number of hydrogen-bond donors (Lipinski definition) is 1. The molecule has 0 spiro atoms. The number of amides is 1. The number of nitriles is 1. The van der Waals surface area contributed by atoms with Crippen LogP contribution in [0.3, 0.4) is 0 Å². The smallest absolute Gasteiger partial charge is 0.271 e. The molecule has 1 heterocycles. The van der Waals surface area contributed by atoms with Gasteiger partial charge in [0.2, 0.25) is 0 Å². The highest BCUT2D eigenvalue weighted by Gasteiger charge is 2.19. The highest BCUT2D eigenvalue weighted by atomic mass is 35.5. The van der Waals surface area contributed by atoms with E-state index in [2.05, 4.69) is 5.32 Å². The molecule has 0 atom stereocenters. The molecule has 1 N–H and O–H groups in total. The summed E-state index contributed by atoms with van der Waals surface area (Å²) in [5.74, 6) is -0.678. The number of aryl methyl sites for hydroxylation is 1. The molecule has 0 radical (unpaired) electrons. The highest BCUT2D eigenvalue weighted by Crippen LogP contribution is 2.29. The van der Waals surface area contributed by atoms with Crippen molar-refractivity contribution in [3.63, 3.8) is 0 Å². The zero-order valence-corrected chi connectivity index (χ0v) is 14.9. The number of carbonyl (C=O) groups excluding carboxylic acids is 1. The summed E-state index contributed by atoms with van der Waals surface area (Å²) in [6, 6.07) is 13.4. The number of hydrogen-bond acceptors (Lipinski definition) is 5. The van der Waals surface area contributed by atoms with Crippen LogP contribution in [0.2, 0.25) is 5.02 Å². The van der Waals surface area contributed by atoms with Crippen molar-refractivity contribution in [1.29, 1.82) is 5.26 Å². The first-order chi connectivity index (χ1) is 13.0. The summed E-state index contributed by atoms with van der Waals surface area (Å²) in [6.45, 7) is 0.688. The highest BCUT2D eigenvalue weighted by molar-refractivity contribution is 6.34. The molecular formula is C19H15ClN4O3. The molecule has 0 saturated carbocycles. The predicted molar refractivity (Wildman–Crippen MR) is 103 cm³/mol. The van der Waals surface area contributed by atoms with Gasteiger partial charge in [0, 0.05) is 30.6 Å². The van der Waals surface area contributed by atoms with Crippen molar-refractivity contribution in [3.05, 3.63) is 74.9 Å². The number of nitrogens with one attached hydrogen (secondary N) is 1. The molecule has 0 bridgehead atoms. The van der Waals surface area contributed by atoms with Gasteiger partial charge in [-0.05, 0) is 30.5 Å². The van der Waals surface area contributed by atoms with E-state index >= 15 is 0 Å². The Morgan fingerprint density at radius 3 is 2.85 bits per heavy atom. The Bertz CT molecular complexity index is 981. The van der Waals surface area contributed by atoms with E-state index in [4.69, 9.17) is 11.6 Å². The van der Waals surface area contributed by atoms with Crippen LogP contribution in [0.25, 0.3) is 0 Å². The lowest BCUT2D eigenvalue weighted by atomic mass is 10.0. The molecule has 2 aromatic rings. The maximum atomic E-state index is 12.5. The molecule has 27 heavy (non-hydrogen) atoms. The number of fused-ring (bicyclic) bond motifs is 1. The fraction of sp³-hybridized carbons (Fsp3) is 0.158. The fourth-order valence-electron chi connectivity index (χ4n) is 2.90. The van der Waals surface area contributed by atoms with Gasteiger partial charge in [-0.25, -0.2) is 0 Å². The number of carbonyl (C=O) groups is 1. The number of anilines is 2. The van der Waals surface area contributed by atoms with E-state index in [1.807, 2.05) is 35.2 Å². The van der Waals surface area contributed by atoms with Gasteiger partial charge in [-0.2, -0.15) is 5.26 Å². The summed E-state index contributed by atoms with van der Waals surface area (Å²) < 4.78 is 0. The summed E-state index contributed by atoms with van der Waals surface area (Å²) in [7, 11) is 0. The molecular weight excluding hydrogens is 368 g/mol. The molecule has 0 unspecified atom stereocenters. The molecule has 1 aliphatic rings. The SMILES string of the molecule is N#C/C(=C/N1CCCc2ccccc21)C(=O)Nc1cc([N+](=O)[O-])ccc1Cl. The van der Waals surface area contributed by atoms with Gasteiger partial charge in [-0.1, -0.05) is 29.8 Å². The molecule has 0 aliphatic carbocycles. The minimum atomic E-state index is -0.678. The number of benzene rings is 2. The van der Waals surface area contributed by atoms with Crippen LogP contribution in [0, 0.1) is 21.4 Å². The van der Waals surface area contributed by atoms with Crippen LogP contribution in [-0.2, 0) is 11.2 Å². The number of nitro groups is 1. The molecule has 0 saturated heterocycles. The van der Waals surface area contributed by atoms with E-state index in [9.17, 15) is 20.2 Å². The summed E-state index contributed by atoms with van der Waals surface area (Å²) in [5.41, 5.74) is 1.87. The second kappa shape index (κ2) is 7.89. The first kappa shape index (κ1) is 18.4. The average molecular weight is 383 g/mol. The van der Waals surface area contributed by atoms with E-state index in [-0.39, 0.29) is 22.0 Å². The molecule has 2 aromatic carbocycles. The van der Waals surface area contributed by atoms with Crippen LogP contribution in [0.15, 0.2) is 54.2 Å². The van der Waals surface area contributed by atoms with Gasteiger partial charge in [-0.15, -0.1) is 0 Å². The lowest BCUT2D eigenvalue weighted by Crippen LogP contribution is -2.26. The van der Waals surface area contributed by atoms with Gasteiger partial charge in [-0.3, -0.25) is 14.9 Å². The topological polar surface area (TPSA) is 99.3 Å². The maximum Gasteiger partial charge on any atom is 0.271 e. The lowest BCUT2D eigenvalue weighted by Gasteiger charge is -2.28. The van der Waals surface area contributed by atoms with Gasteiger partial charge < -0.3 is 10.2 Å². The van der Waals surface area contributed by atoms with Crippen molar-refractivity contribution in [2.45, 2.75) is 12.8 Å². The van der Waals surface area contributed by atoms with Crippen LogP contribution in [-0.4, -0.2) is 17.4 Å². The molecule has 0 aromatic heterocycles. The average Bonchev–Trinajstić information content (AvgIpc) is 2.67. The van der Waals surface area contributed by atoms with Crippen molar-refractivity contribution < 1.29 is 9.72 Å². The molecule has 7 nitrogen and oxygen atoms in total. The van der Waals surface area contributed by atoms with Crippen molar-refractivity contribution >= 4 is 34.6 Å². The number of halogens is 1. The predicted octanol–water partition coefficient (Wildman–Crippen LogP) is 4.05. The van der Waals surface area contributed by atoms with Gasteiger partial charge in [0.05, 0.1) is 15.6 Å². The third-order valence-electron chi connectivity index (χ3n) is 4.21. The van der Waals surface area contributed by atoms with Crippen LogP contribution in [0.4, 0.5) is 17.1 Å². The largest absolute Gasteiger partial charge is 0.346 e. The molecule has 1 amide bonds. The Balaban J connectivity index is 1.86. The number of non-ortho nitro benzene ring substituents is 1. The summed E-state index contributed by atoms with van der Waals surface area (Å²) in [6.07, 6.45) is 3.35. The Labute approximate surface area is 160 Å². The lowest BCUT2D eigenvalue weighted by molar-refractivity contribution is -0.384. The second-order valence-corrected chi connectivity index (χ2v) is 6.36. The fourth-order valence-corrected chi connectivity index (χ4v) is 3.07.